The summed E-state index contributed by atoms with van der Waals surface area (Å²) in [5.41, 5.74) is 6.16. The Kier molecular flexibility index (Phi) is 6.70. The minimum absolute atomic E-state index is 0.0412. The minimum Gasteiger partial charge on any atom is -0.493 e. The number of nitrogens with one attached hydrogen (secondary N) is 1. The quantitative estimate of drug-likeness (QED) is 0.681. The lowest BCUT2D eigenvalue weighted by molar-refractivity contribution is -0.125. The number of hydrogen-bond donors (Lipinski definition) is 2. The molecule has 1 aliphatic rings. The number of rotatable bonds is 7. The standard InChI is InChI=1S/C21H23BrN2O4/c22-16-3-1-15(2-4-16)21(10-13-27-14-11-21)20(26)24-17-5-7-18(8-6-17)28-12-9-19(23)25/h1-8H,9-14H2,(H2,23,25)(H,24,26). The molecule has 0 saturated carbocycles. The number of halogens is 1. The van der Waals surface area contributed by atoms with Crippen molar-refractivity contribution < 1.29 is 19.1 Å². The maximum Gasteiger partial charge on any atom is 0.235 e. The van der Waals surface area contributed by atoms with Gasteiger partial charge in [-0.1, -0.05) is 28.1 Å². The van der Waals surface area contributed by atoms with Crippen LogP contribution in [0.4, 0.5) is 5.69 Å². The first-order chi connectivity index (χ1) is 13.5. The second-order valence-corrected chi connectivity index (χ2v) is 7.66. The first-order valence-electron chi connectivity index (χ1n) is 9.16. The Balaban J connectivity index is 1.71. The normalized spacial score (nSPS) is 15.6. The fourth-order valence-electron chi connectivity index (χ4n) is 3.29. The third-order valence-electron chi connectivity index (χ3n) is 4.91. The molecule has 0 unspecified atom stereocenters. The van der Waals surface area contributed by atoms with Crippen molar-refractivity contribution in [2.75, 3.05) is 25.1 Å². The van der Waals surface area contributed by atoms with Crippen LogP contribution in [-0.4, -0.2) is 31.6 Å². The van der Waals surface area contributed by atoms with Crippen molar-refractivity contribution in [2.45, 2.75) is 24.7 Å². The van der Waals surface area contributed by atoms with Gasteiger partial charge in [0.15, 0.2) is 0 Å². The van der Waals surface area contributed by atoms with Crippen LogP contribution in [-0.2, 0) is 19.7 Å². The average Bonchev–Trinajstić information content (AvgIpc) is 2.70. The number of carbonyl (C=O) groups is 2. The van der Waals surface area contributed by atoms with Crippen molar-refractivity contribution in [2.24, 2.45) is 5.73 Å². The van der Waals surface area contributed by atoms with E-state index < -0.39 is 11.3 Å². The van der Waals surface area contributed by atoms with Crippen LogP contribution in [0.1, 0.15) is 24.8 Å². The van der Waals surface area contributed by atoms with E-state index in [1.54, 1.807) is 24.3 Å². The maximum atomic E-state index is 13.2. The van der Waals surface area contributed by atoms with Gasteiger partial charge in [-0.2, -0.15) is 0 Å². The molecule has 0 spiro atoms. The number of amides is 2. The highest BCUT2D eigenvalue weighted by atomic mass is 79.9. The van der Waals surface area contributed by atoms with Gasteiger partial charge in [-0.15, -0.1) is 0 Å². The fraction of sp³-hybridized carbons (Fsp3) is 0.333. The summed E-state index contributed by atoms with van der Waals surface area (Å²) in [4.78, 5) is 24.0. The molecule has 0 aromatic heterocycles. The first-order valence-corrected chi connectivity index (χ1v) is 9.95. The van der Waals surface area contributed by atoms with Crippen LogP contribution in [0.2, 0.25) is 0 Å². The van der Waals surface area contributed by atoms with E-state index in [0.717, 1.165) is 10.0 Å². The topological polar surface area (TPSA) is 90.7 Å². The summed E-state index contributed by atoms with van der Waals surface area (Å²) in [6.07, 6.45) is 1.43. The summed E-state index contributed by atoms with van der Waals surface area (Å²) in [6, 6.07) is 15.0. The van der Waals surface area contributed by atoms with E-state index in [0.29, 0.717) is 37.5 Å². The van der Waals surface area contributed by atoms with E-state index >= 15 is 0 Å². The highest BCUT2D eigenvalue weighted by molar-refractivity contribution is 9.10. The van der Waals surface area contributed by atoms with Gasteiger partial charge in [-0.3, -0.25) is 9.59 Å². The van der Waals surface area contributed by atoms with Crippen LogP contribution < -0.4 is 15.8 Å². The van der Waals surface area contributed by atoms with E-state index in [1.807, 2.05) is 24.3 Å². The lowest BCUT2D eigenvalue weighted by atomic mass is 9.73. The molecule has 0 bridgehead atoms. The van der Waals surface area contributed by atoms with Gasteiger partial charge in [0.25, 0.3) is 0 Å². The van der Waals surface area contributed by atoms with Gasteiger partial charge < -0.3 is 20.5 Å². The molecule has 7 heteroatoms. The SMILES string of the molecule is NC(=O)CCOc1ccc(NC(=O)C2(c3ccc(Br)cc3)CCOCC2)cc1. The summed E-state index contributed by atoms with van der Waals surface area (Å²) >= 11 is 3.45. The Morgan fingerprint density at radius 2 is 1.71 bits per heavy atom. The number of carbonyl (C=O) groups excluding carboxylic acids is 2. The summed E-state index contributed by atoms with van der Waals surface area (Å²) in [5, 5.41) is 3.03. The summed E-state index contributed by atoms with van der Waals surface area (Å²) in [5.74, 6) is 0.173. The molecule has 2 aromatic carbocycles. The highest BCUT2D eigenvalue weighted by Crippen LogP contribution is 2.36. The van der Waals surface area contributed by atoms with Crippen LogP contribution in [0.5, 0.6) is 5.75 Å². The summed E-state index contributed by atoms with van der Waals surface area (Å²) in [7, 11) is 0. The average molecular weight is 447 g/mol. The Morgan fingerprint density at radius 3 is 2.32 bits per heavy atom. The van der Waals surface area contributed by atoms with E-state index in [2.05, 4.69) is 21.2 Å². The summed E-state index contributed by atoms with van der Waals surface area (Å²) < 4.78 is 11.9. The van der Waals surface area contributed by atoms with Crippen molar-refractivity contribution in [3.63, 3.8) is 0 Å². The molecule has 3 N–H and O–H groups in total. The van der Waals surface area contributed by atoms with Crippen molar-refractivity contribution in [3.8, 4) is 5.75 Å². The van der Waals surface area contributed by atoms with Crippen molar-refractivity contribution in [1.82, 2.24) is 0 Å². The molecule has 148 valence electrons. The molecular formula is C21H23BrN2O4. The molecule has 2 amide bonds. The highest BCUT2D eigenvalue weighted by Gasteiger charge is 2.41. The van der Waals surface area contributed by atoms with Crippen molar-refractivity contribution >= 4 is 33.4 Å². The first kappa shape index (κ1) is 20.4. The molecular weight excluding hydrogens is 424 g/mol. The molecule has 0 aliphatic carbocycles. The number of ether oxygens (including phenoxy) is 2. The maximum absolute atomic E-state index is 13.2. The molecule has 0 atom stereocenters. The molecule has 2 aromatic rings. The molecule has 0 radical (unpaired) electrons. The van der Waals surface area contributed by atoms with E-state index in [9.17, 15) is 9.59 Å². The zero-order chi connectivity index (χ0) is 20.0. The number of anilines is 1. The zero-order valence-electron chi connectivity index (χ0n) is 15.4. The minimum atomic E-state index is -0.615. The molecule has 1 fully saturated rings. The van der Waals surface area contributed by atoms with Crippen LogP contribution in [0.3, 0.4) is 0 Å². The van der Waals surface area contributed by atoms with E-state index in [-0.39, 0.29) is 18.9 Å². The van der Waals surface area contributed by atoms with E-state index in [1.165, 1.54) is 0 Å². The number of primary amides is 1. The largest absolute Gasteiger partial charge is 0.493 e. The summed E-state index contributed by atoms with van der Waals surface area (Å²) in [6.45, 7) is 1.33. The fourth-order valence-corrected chi connectivity index (χ4v) is 3.55. The Hall–Kier alpha value is -2.38. The molecule has 1 saturated heterocycles. The van der Waals surface area contributed by atoms with Gasteiger partial charge in [-0.25, -0.2) is 0 Å². The van der Waals surface area contributed by atoms with Gasteiger partial charge in [0.05, 0.1) is 18.4 Å². The Bertz CT molecular complexity index is 815. The van der Waals surface area contributed by atoms with Gasteiger partial charge >= 0.3 is 0 Å². The predicted molar refractivity (Wildman–Crippen MR) is 110 cm³/mol. The number of benzene rings is 2. The van der Waals surface area contributed by atoms with Crippen LogP contribution in [0, 0.1) is 0 Å². The van der Waals surface area contributed by atoms with Gasteiger partial charge in [-0.05, 0) is 54.8 Å². The van der Waals surface area contributed by atoms with Crippen LogP contribution >= 0.6 is 15.9 Å². The third kappa shape index (κ3) is 4.91. The van der Waals surface area contributed by atoms with Crippen molar-refractivity contribution in [3.05, 3.63) is 58.6 Å². The van der Waals surface area contributed by atoms with Crippen molar-refractivity contribution in [1.29, 1.82) is 0 Å². The number of hydrogen-bond acceptors (Lipinski definition) is 4. The van der Waals surface area contributed by atoms with Gasteiger partial charge in [0.2, 0.25) is 11.8 Å². The lowest BCUT2D eigenvalue weighted by Crippen LogP contribution is -2.44. The molecule has 6 nitrogen and oxygen atoms in total. The molecule has 3 rings (SSSR count). The smallest absolute Gasteiger partial charge is 0.235 e. The lowest BCUT2D eigenvalue weighted by Gasteiger charge is -2.36. The Labute approximate surface area is 172 Å². The predicted octanol–water partition coefficient (Wildman–Crippen LogP) is 3.39. The second kappa shape index (κ2) is 9.21. The molecule has 28 heavy (non-hydrogen) atoms. The van der Waals surface area contributed by atoms with E-state index in [4.69, 9.17) is 15.2 Å². The Morgan fingerprint density at radius 1 is 1.07 bits per heavy atom. The molecule has 1 aliphatic heterocycles. The van der Waals surface area contributed by atoms with Gasteiger partial charge in [0.1, 0.15) is 5.75 Å². The van der Waals surface area contributed by atoms with Crippen LogP contribution in [0.25, 0.3) is 0 Å². The second-order valence-electron chi connectivity index (χ2n) is 6.74. The van der Waals surface area contributed by atoms with Gasteiger partial charge in [0, 0.05) is 23.4 Å². The monoisotopic (exact) mass is 446 g/mol. The molecule has 1 heterocycles. The third-order valence-corrected chi connectivity index (χ3v) is 5.44. The van der Waals surface area contributed by atoms with Crippen LogP contribution in [0.15, 0.2) is 53.0 Å². The number of nitrogens with two attached hydrogens (primary N) is 1. The zero-order valence-corrected chi connectivity index (χ0v) is 17.0.